The van der Waals surface area contributed by atoms with Gasteiger partial charge < -0.3 is 5.32 Å². The van der Waals surface area contributed by atoms with E-state index in [4.69, 9.17) is 0 Å². The number of thioether (sulfide) groups is 1. The molecule has 3 aromatic rings. The molecule has 1 atom stereocenters. The van der Waals surface area contributed by atoms with Crippen molar-refractivity contribution >= 4 is 40.2 Å². The van der Waals surface area contributed by atoms with Gasteiger partial charge in [-0.15, -0.1) is 0 Å². The SMILES string of the molecule is Cc1nc2cccc(NCc3ccc(CN4CCSCC4)cn3)c2c(=O)n1C1CCC(=O)NC1=O. The van der Waals surface area contributed by atoms with Gasteiger partial charge in [0, 0.05) is 49.4 Å². The number of nitrogens with zero attached hydrogens (tertiary/aromatic N) is 4. The molecule has 10 heteroatoms. The summed E-state index contributed by atoms with van der Waals surface area (Å²) in [6.07, 6.45) is 2.39. The van der Waals surface area contributed by atoms with E-state index in [0.717, 1.165) is 25.3 Å². The van der Waals surface area contributed by atoms with E-state index >= 15 is 0 Å². The first-order chi connectivity index (χ1) is 17.0. The van der Waals surface area contributed by atoms with Gasteiger partial charge >= 0.3 is 0 Å². The number of hydrogen-bond donors (Lipinski definition) is 2. The Morgan fingerprint density at radius 3 is 2.71 bits per heavy atom. The summed E-state index contributed by atoms with van der Waals surface area (Å²) in [6.45, 7) is 5.29. The van der Waals surface area contributed by atoms with Crippen molar-refractivity contribution in [1.82, 2.24) is 24.8 Å². The number of fused-ring (bicyclic) bond motifs is 1. The Bertz CT molecular complexity index is 1320. The predicted molar refractivity (Wildman–Crippen MR) is 136 cm³/mol. The topological polar surface area (TPSA) is 109 Å². The second-order valence-electron chi connectivity index (χ2n) is 8.90. The van der Waals surface area contributed by atoms with Crippen LogP contribution in [-0.4, -0.2) is 55.8 Å². The molecule has 4 heterocycles. The number of aryl methyl sites for hydroxylation is 1. The van der Waals surface area contributed by atoms with Crippen LogP contribution in [-0.2, 0) is 22.7 Å². The first kappa shape index (κ1) is 23.5. The van der Waals surface area contributed by atoms with Crippen LogP contribution in [0, 0.1) is 6.92 Å². The van der Waals surface area contributed by atoms with Crippen LogP contribution < -0.4 is 16.2 Å². The highest BCUT2D eigenvalue weighted by Gasteiger charge is 2.30. The lowest BCUT2D eigenvalue weighted by molar-refractivity contribution is -0.135. The summed E-state index contributed by atoms with van der Waals surface area (Å²) in [6, 6.07) is 8.83. The number of piperidine rings is 1. The fourth-order valence-corrected chi connectivity index (χ4v) is 5.63. The molecule has 0 spiro atoms. The standard InChI is InChI=1S/C25H28N6O3S/c1-16-28-20-4-2-3-19(23(20)25(34)31(16)21-7-8-22(32)29-24(21)33)27-14-18-6-5-17(13-26-18)15-30-9-11-35-12-10-30/h2-6,13,21,27H,7-12,14-15H2,1H3,(H,29,32,33). The van der Waals surface area contributed by atoms with Crippen molar-refractivity contribution in [2.45, 2.75) is 38.9 Å². The van der Waals surface area contributed by atoms with Crippen LogP contribution in [0.5, 0.6) is 0 Å². The second kappa shape index (κ2) is 10.2. The first-order valence-corrected chi connectivity index (χ1v) is 13.0. The Hall–Kier alpha value is -3.24. The number of benzene rings is 1. The van der Waals surface area contributed by atoms with Gasteiger partial charge in [-0.1, -0.05) is 12.1 Å². The zero-order chi connectivity index (χ0) is 24.4. The first-order valence-electron chi connectivity index (χ1n) is 11.8. The van der Waals surface area contributed by atoms with E-state index in [-0.39, 0.29) is 24.3 Å². The van der Waals surface area contributed by atoms with E-state index in [9.17, 15) is 14.4 Å². The minimum absolute atomic E-state index is 0.193. The average molecular weight is 493 g/mol. The van der Waals surface area contributed by atoms with Gasteiger partial charge in [0.25, 0.3) is 5.56 Å². The molecule has 0 saturated carbocycles. The summed E-state index contributed by atoms with van der Waals surface area (Å²) < 4.78 is 1.40. The molecule has 2 fully saturated rings. The molecule has 2 saturated heterocycles. The summed E-state index contributed by atoms with van der Waals surface area (Å²) in [5.74, 6) is 2.02. The van der Waals surface area contributed by atoms with E-state index in [0.29, 0.717) is 29.0 Å². The molecular formula is C25H28N6O3S. The van der Waals surface area contributed by atoms with E-state index in [1.54, 1.807) is 13.0 Å². The Morgan fingerprint density at radius 2 is 1.97 bits per heavy atom. The Morgan fingerprint density at radius 1 is 1.14 bits per heavy atom. The molecule has 9 nitrogen and oxygen atoms in total. The number of amides is 2. The molecule has 0 aliphatic carbocycles. The number of nitrogens with one attached hydrogen (secondary N) is 2. The quantitative estimate of drug-likeness (QED) is 0.505. The highest BCUT2D eigenvalue weighted by molar-refractivity contribution is 7.99. The maximum absolute atomic E-state index is 13.5. The zero-order valence-electron chi connectivity index (χ0n) is 19.6. The third-order valence-electron chi connectivity index (χ3n) is 6.48. The van der Waals surface area contributed by atoms with Crippen LogP contribution in [0.4, 0.5) is 5.69 Å². The van der Waals surface area contributed by atoms with Gasteiger partial charge in [0.05, 0.1) is 23.1 Å². The third kappa shape index (κ3) is 5.08. The lowest BCUT2D eigenvalue weighted by atomic mass is 10.1. The molecule has 2 aliphatic heterocycles. The molecule has 2 aliphatic rings. The maximum atomic E-state index is 13.5. The molecule has 35 heavy (non-hydrogen) atoms. The number of anilines is 1. The van der Waals surface area contributed by atoms with Gasteiger partial charge in [0.1, 0.15) is 11.9 Å². The maximum Gasteiger partial charge on any atom is 0.264 e. The molecule has 5 rings (SSSR count). The van der Waals surface area contributed by atoms with E-state index in [1.807, 2.05) is 36.2 Å². The van der Waals surface area contributed by atoms with Crippen LogP contribution >= 0.6 is 11.8 Å². The molecule has 182 valence electrons. The third-order valence-corrected chi connectivity index (χ3v) is 7.43. The van der Waals surface area contributed by atoms with E-state index in [2.05, 4.69) is 31.6 Å². The number of aromatic nitrogens is 3. The zero-order valence-corrected chi connectivity index (χ0v) is 20.4. The van der Waals surface area contributed by atoms with Crippen LogP contribution in [0.2, 0.25) is 0 Å². The summed E-state index contributed by atoms with van der Waals surface area (Å²) in [5.41, 5.74) is 2.96. The van der Waals surface area contributed by atoms with E-state index in [1.165, 1.54) is 21.6 Å². The number of rotatable bonds is 6. The summed E-state index contributed by atoms with van der Waals surface area (Å²) in [4.78, 5) is 49.2. The van der Waals surface area contributed by atoms with Crippen molar-refractivity contribution < 1.29 is 9.59 Å². The van der Waals surface area contributed by atoms with Crippen molar-refractivity contribution in [2.24, 2.45) is 0 Å². The number of carbonyl (C=O) groups is 2. The molecule has 1 aromatic carbocycles. The number of carbonyl (C=O) groups excluding carboxylic acids is 2. The molecule has 2 amide bonds. The predicted octanol–water partition coefficient (Wildman–Crippen LogP) is 2.24. The monoisotopic (exact) mass is 492 g/mol. The molecule has 0 radical (unpaired) electrons. The van der Waals surface area contributed by atoms with Gasteiger partial charge in [0.15, 0.2) is 0 Å². The Balaban J connectivity index is 1.36. The van der Waals surface area contributed by atoms with Gasteiger partial charge in [-0.3, -0.25) is 34.2 Å². The molecule has 0 bridgehead atoms. The minimum atomic E-state index is -0.752. The highest BCUT2D eigenvalue weighted by atomic mass is 32.2. The van der Waals surface area contributed by atoms with Crippen LogP contribution in [0.15, 0.2) is 41.3 Å². The van der Waals surface area contributed by atoms with Crippen molar-refractivity contribution in [3.8, 4) is 0 Å². The van der Waals surface area contributed by atoms with Crippen LogP contribution in [0.25, 0.3) is 10.9 Å². The molecule has 2 aromatic heterocycles. The number of imide groups is 1. The van der Waals surface area contributed by atoms with Gasteiger partial charge in [-0.05, 0) is 37.1 Å². The molecular weight excluding hydrogens is 464 g/mol. The fraction of sp³-hybridized carbons (Fsp3) is 0.400. The smallest absolute Gasteiger partial charge is 0.264 e. The van der Waals surface area contributed by atoms with Crippen molar-refractivity contribution in [3.05, 3.63) is 64.0 Å². The highest BCUT2D eigenvalue weighted by Crippen LogP contribution is 2.24. The van der Waals surface area contributed by atoms with Crippen molar-refractivity contribution in [2.75, 3.05) is 29.9 Å². The van der Waals surface area contributed by atoms with Gasteiger partial charge in [-0.25, -0.2) is 4.98 Å². The Kier molecular flexibility index (Phi) is 6.83. The van der Waals surface area contributed by atoms with E-state index < -0.39 is 11.9 Å². The van der Waals surface area contributed by atoms with Crippen LogP contribution in [0.1, 0.15) is 36.0 Å². The normalized spacial score (nSPS) is 19.1. The second-order valence-corrected chi connectivity index (χ2v) is 10.1. The number of hydrogen-bond acceptors (Lipinski definition) is 8. The molecule has 2 N–H and O–H groups in total. The lowest BCUT2D eigenvalue weighted by Gasteiger charge is -2.26. The average Bonchev–Trinajstić information content (AvgIpc) is 2.85. The summed E-state index contributed by atoms with van der Waals surface area (Å²) in [7, 11) is 0. The summed E-state index contributed by atoms with van der Waals surface area (Å²) >= 11 is 2.00. The largest absolute Gasteiger partial charge is 0.379 e. The van der Waals surface area contributed by atoms with Crippen LogP contribution in [0.3, 0.4) is 0 Å². The fourth-order valence-electron chi connectivity index (χ4n) is 4.65. The van der Waals surface area contributed by atoms with Crippen molar-refractivity contribution in [3.63, 3.8) is 0 Å². The summed E-state index contributed by atoms with van der Waals surface area (Å²) in [5, 5.41) is 6.08. The Labute approximate surface area is 207 Å². The molecule has 1 unspecified atom stereocenters. The van der Waals surface area contributed by atoms with Crippen molar-refractivity contribution in [1.29, 1.82) is 0 Å². The lowest BCUT2D eigenvalue weighted by Crippen LogP contribution is -2.45. The number of pyridine rings is 1. The minimum Gasteiger partial charge on any atom is -0.379 e. The van der Waals surface area contributed by atoms with Gasteiger partial charge in [-0.2, -0.15) is 11.8 Å². The van der Waals surface area contributed by atoms with Gasteiger partial charge in [0.2, 0.25) is 11.8 Å².